The molecule has 0 aliphatic heterocycles. The molecule has 0 saturated heterocycles. The van der Waals surface area contributed by atoms with Crippen molar-refractivity contribution in [1.82, 2.24) is 51.2 Å². The molecule has 5 rings (SSSR count). The highest BCUT2D eigenvalue weighted by Gasteiger charge is 2.23. The highest BCUT2D eigenvalue weighted by Crippen LogP contribution is 2.24. The molecule has 19 nitrogen and oxygen atoms in total. The van der Waals surface area contributed by atoms with Gasteiger partial charge in [0.05, 0.1) is 29.6 Å². The number of fused-ring (bicyclic) bond motifs is 1. The normalized spacial score (nSPS) is 11.6. The summed E-state index contributed by atoms with van der Waals surface area (Å²) in [5.41, 5.74) is 19.6. The number of hydrogen-bond acceptors (Lipinski definition) is 15. The Morgan fingerprint density at radius 2 is 1.78 bits per heavy atom. The number of phenolic OH excluding ortho intramolecular Hbond substituents is 1. The molecule has 1 atom stereocenters. The number of nitrogen functional groups attached to an aromatic ring is 3. The van der Waals surface area contributed by atoms with Crippen molar-refractivity contribution in [2.75, 3.05) is 29.1 Å². The summed E-state index contributed by atoms with van der Waals surface area (Å²) in [5, 5.41) is 41.9. The van der Waals surface area contributed by atoms with Crippen molar-refractivity contribution in [2.45, 2.75) is 25.4 Å². The van der Waals surface area contributed by atoms with Crippen molar-refractivity contribution >= 4 is 52.1 Å². The Balaban J connectivity index is 1.14. The van der Waals surface area contributed by atoms with Gasteiger partial charge in [-0.3, -0.25) is 9.59 Å². The van der Waals surface area contributed by atoms with E-state index < -0.39 is 23.8 Å². The molecule has 0 saturated carbocycles. The lowest BCUT2D eigenvalue weighted by atomic mass is 10.0. The van der Waals surface area contributed by atoms with E-state index in [2.05, 4.69) is 56.5 Å². The topological polar surface area (TPSA) is 312 Å². The lowest BCUT2D eigenvalue weighted by Crippen LogP contribution is -2.41. The number of anilines is 4. The first-order valence-electron chi connectivity index (χ1n) is 13.7. The molecule has 0 radical (unpaired) electrons. The second-order valence-electron chi connectivity index (χ2n) is 9.89. The van der Waals surface area contributed by atoms with Gasteiger partial charge in [0.1, 0.15) is 11.8 Å². The Morgan fingerprint density at radius 3 is 2.52 bits per heavy atom. The van der Waals surface area contributed by atoms with E-state index in [1.807, 2.05) is 0 Å². The van der Waals surface area contributed by atoms with Gasteiger partial charge < -0.3 is 43.4 Å². The van der Waals surface area contributed by atoms with E-state index in [-0.39, 0.29) is 71.6 Å². The molecular formula is C27H28N14O5. The van der Waals surface area contributed by atoms with Gasteiger partial charge in [0.25, 0.3) is 11.8 Å². The molecule has 19 heteroatoms. The van der Waals surface area contributed by atoms with Crippen LogP contribution < -0.4 is 33.2 Å². The smallest absolute Gasteiger partial charge is 0.326 e. The van der Waals surface area contributed by atoms with Gasteiger partial charge in [-0.15, -0.1) is 10.2 Å². The molecule has 0 aliphatic rings. The minimum Gasteiger partial charge on any atom is -0.507 e. The van der Waals surface area contributed by atoms with E-state index in [1.165, 1.54) is 36.5 Å². The number of hydrogen-bond donors (Lipinski definition) is 9. The summed E-state index contributed by atoms with van der Waals surface area (Å²) in [4.78, 5) is 53.9. The number of H-pyrrole nitrogens is 1. The lowest BCUT2D eigenvalue weighted by molar-refractivity contribution is -0.139. The number of nitrogens with zero attached hydrogens (tertiary/aromatic N) is 7. The zero-order valence-corrected chi connectivity index (χ0v) is 23.9. The van der Waals surface area contributed by atoms with Crippen molar-refractivity contribution in [3.63, 3.8) is 0 Å². The van der Waals surface area contributed by atoms with Crippen molar-refractivity contribution in [3.8, 4) is 17.1 Å². The average molecular weight is 629 g/mol. The average Bonchev–Trinajstić information content (AvgIpc) is 3.56. The van der Waals surface area contributed by atoms with Gasteiger partial charge in [-0.2, -0.15) is 15.2 Å². The number of aliphatic carboxylic acids is 1. The number of rotatable bonds is 12. The Kier molecular flexibility index (Phi) is 8.92. The second kappa shape index (κ2) is 13.3. The fourth-order valence-electron chi connectivity index (χ4n) is 4.41. The fourth-order valence-corrected chi connectivity index (χ4v) is 4.41. The third-order valence-electron chi connectivity index (χ3n) is 6.65. The van der Waals surface area contributed by atoms with Crippen LogP contribution in [-0.2, 0) is 11.3 Å². The van der Waals surface area contributed by atoms with Gasteiger partial charge >= 0.3 is 5.97 Å². The maximum atomic E-state index is 12.8. The molecule has 5 aromatic rings. The molecule has 0 spiro atoms. The zero-order valence-electron chi connectivity index (χ0n) is 23.9. The van der Waals surface area contributed by atoms with E-state index in [9.17, 15) is 24.6 Å². The molecule has 2 aromatic carbocycles. The number of aromatic hydroxyl groups is 1. The summed E-state index contributed by atoms with van der Waals surface area (Å²) in [7, 11) is 0. The first-order valence-corrected chi connectivity index (χ1v) is 13.7. The highest BCUT2D eigenvalue weighted by molar-refractivity contribution is 6.01. The molecule has 0 fully saturated rings. The number of aromatic nitrogens is 8. The number of aromatic amines is 1. The zero-order chi connectivity index (χ0) is 32.8. The van der Waals surface area contributed by atoms with E-state index in [1.54, 1.807) is 6.07 Å². The molecule has 46 heavy (non-hydrogen) atoms. The Labute approximate surface area is 259 Å². The first kappa shape index (κ1) is 30.8. The molecule has 0 unspecified atom stereocenters. The number of phenols is 1. The summed E-state index contributed by atoms with van der Waals surface area (Å²) >= 11 is 0. The van der Waals surface area contributed by atoms with E-state index in [0.29, 0.717) is 22.6 Å². The summed E-state index contributed by atoms with van der Waals surface area (Å²) in [6, 6.07) is 7.52. The number of carbonyl (C=O) groups is 3. The SMILES string of the molecule is Nc1ccc(C(=O)NCCC[C@H](NC(=O)c2ccc(NCc3cnc4nc(N)nc(N)c4n3)cc2O)C(=O)O)c(-c2nn[nH]n2)c1. The summed E-state index contributed by atoms with van der Waals surface area (Å²) < 4.78 is 0. The second-order valence-corrected chi connectivity index (χ2v) is 9.89. The number of nitrogens with one attached hydrogen (secondary N) is 4. The Bertz CT molecular complexity index is 1920. The third kappa shape index (κ3) is 7.10. The van der Waals surface area contributed by atoms with Gasteiger partial charge in [0.15, 0.2) is 17.0 Å². The highest BCUT2D eigenvalue weighted by atomic mass is 16.4. The van der Waals surface area contributed by atoms with Gasteiger partial charge in [0.2, 0.25) is 11.8 Å². The van der Waals surface area contributed by atoms with Crippen LogP contribution in [0.1, 0.15) is 39.3 Å². The summed E-state index contributed by atoms with van der Waals surface area (Å²) in [6.45, 7) is 0.293. The van der Waals surface area contributed by atoms with Crippen LogP contribution in [0.25, 0.3) is 22.6 Å². The van der Waals surface area contributed by atoms with Crippen LogP contribution in [0.2, 0.25) is 0 Å². The van der Waals surface area contributed by atoms with Gasteiger partial charge in [0, 0.05) is 29.5 Å². The van der Waals surface area contributed by atoms with Crippen molar-refractivity contribution < 1.29 is 24.6 Å². The van der Waals surface area contributed by atoms with Crippen LogP contribution in [0.4, 0.5) is 23.1 Å². The largest absolute Gasteiger partial charge is 0.507 e. The lowest BCUT2D eigenvalue weighted by Gasteiger charge is -2.16. The Hall–Kier alpha value is -6.66. The van der Waals surface area contributed by atoms with Gasteiger partial charge in [-0.1, -0.05) is 0 Å². The molecular weight excluding hydrogens is 600 g/mol. The number of tetrazole rings is 1. The van der Waals surface area contributed by atoms with E-state index in [4.69, 9.17) is 17.2 Å². The molecule has 0 bridgehead atoms. The number of benzene rings is 2. The van der Waals surface area contributed by atoms with E-state index >= 15 is 0 Å². The Morgan fingerprint density at radius 1 is 0.978 bits per heavy atom. The molecule has 2 amide bonds. The first-order chi connectivity index (χ1) is 22.1. The summed E-state index contributed by atoms with van der Waals surface area (Å²) in [6.07, 6.45) is 1.69. The number of carbonyl (C=O) groups excluding carboxylic acids is 2. The standard InChI is InChI=1S/C27H28N14O5/c28-12-3-5-15(17(8-12)22-38-40-41-39-22)24(43)31-7-1-2-18(26(45)46)35-25(44)16-6-4-13(9-19(16)42)32-10-14-11-33-23-20(34-14)21(29)36-27(30)37-23/h3-6,8-9,11,18,32,42H,1-2,7,10,28H2,(H,31,43)(H,35,44)(H,45,46)(H,38,39,40,41)(H4,29,30,33,36,37)/t18-/m0/s1. The quantitative estimate of drug-likeness (QED) is 0.0651. The van der Waals surface area contributed by atoms with Crippen molar-refractivity contribution in [3.05, 3.63) is 59.4 Å². The summed E-state index contributed by atoms with van der Waals surface area (Å²) in [5.74, 6) is -2.64. The van der Waals surface area contributed by atoms with Crippen molar-refractivity contribution in [1.29, 1.82) is 0 Å². The molecule has 12 N–H and O–H groups in total. The van der Waals surface area contributed by atoms with Crippen LogP contribution in [0, 0.1) is 0 Å². The predicted octanol–water partition coefficient (Wildman–Crippen LogP) is 0.0574. The van der Waals surface area contributed by atoms with E-state index in [0.717, 1.165) is 0 Å². The molecule has 3 heterocycles. The van der Waals surface area contributed by atoms with Gasteiger partial charge in [-0.05, 0) is 48.4 Å². The predicted molar refractivity (Wildman–Crippen MR) is 164 cm³/mol. The maximum Gasteiger partial charge on any atom is 0.326 e. The minimum atomic E-state index is -1.29. The number of carboxylic acid groups (broad SMARTS) is 1. The number of nitrogens with two attached hydrogens (primary N) is 3. The minimum absolute atomic E-state index is 0.00384. The maximum absolute atomic E-state index is 12.8. The molecule has 236 valence electrons. The van der Waals surface area contributed by atoms with Gasteiger partial charge in [-0.25, -0.2) is 14.8 Å². The molecule has 3 aromatic heterocycles. The van der Waals surface area contributed by atoms with Crippen molar-refractivity contribution in [2.24, 2.45) is 0 Å². The van der Waals surface area contributed by atoms with Crippen LogP contribution in [0.3, 0.4) is 0 Å². The van der Waals surface area contributed by atoms with Crippen LogP contribution >= 0.6 is 0 Å². The number of carboxylic acids is 1. The van der Waals surface area contributed by atoms with Crippen LogP contribution in [0.5, 0.6) is 5.75 Å². The fraction of sp³-hybridized carbons (Fsp3) is 0.185. The monoisotopic (exact) mass is 628 g/mol. The van der Waals surface area contributed by atoms with Crippen LogP contribution in [-0.4, -0.2) is 81.1 Å². The third-order valence-corrected chi connectivity index (χ3v) is 6.65. The van der Waals surface area contributed by atoms with Crippen LogP contribution in [0.15, 0.2) is 42.6 Å². The molecule has 0 aliphatic carbocycles. The number of amides is 2.